The van der Waals surface area contributed by atoms with Crippen molar-refractivity contribution in [2.24, 2.45) is 34.4 Å². The molecule has 0 atom stereocenters. The Kier molecular flexibility index (Phi) is 267. The van der Waals surface area contributed by atoms with Crippen molar-refractivity contribution < 1.29 is 119 Å². The molecule has 64 heavy (non-hydrogen) atoms. The number of hydrogen-bond donors (Lipinski definition) is 6. The molecule has 0 rings (SSSR count). The van der Waals surface area contributed by atoms with Crippen LogP contribution in [-0.4, -0.2) is 180 Å². The molecule has 0 saturated heterocycles. The number of carbonyl (C=O) groups excluding carboxylic acids is 12. The van der Waals surface area contributed by atoms with E-state index >= 15 is 0 Å². The molecule has 0 fully saturated rings. The van der Waals surface area contributed by atoms with Crippen molar-refractivity contribution in [1.82, 2.24) is 0 Å². The summed E-state index contributed by atoms with van der Waals surface area (Å²) in [6, 6.07) is 0. The number of hydrogen-bond acceptors (Lipinski definition) is 30. The van der Waals surface area contributed by atoms with E-state index in [0.717, 1.165) is 83.1 Å². The molecule has 366 valence electrons. The van der Waals surface area contributed by atoms with Crippen molar-refractivity contribution in [3.05, 3.63) is 0 Å². The standard InChI is InChI=1S/3C2H8N2.12C2H4O2.4Al/c3*3-1-2-4;12*1-2(3)4;;;;/h3*1-4H2;12*1H3,(H,3,4);;;;/q;;;;;;;;;;;;;;;4*+3/p-12. The fourth-order valence-corrected chi connectivity index (χ4v) is 0. The average molecular weight is 997 g/mol. The second-order valence-corrected chi connectivity index (χ2v) is 7.63. The van der Waals surface area contributed by atoms with Crippen molar-refractivity contribution >= 4 is 141 Å². The fourth-order valence-electron chi connectivity index (χ4n) is 0. The Morgan fingerprint density at radius 1 is 0.203 bits per heavy atom. The molecule has 0 amide bonds. The zero-order valence-corrected chi connectivity index (χ0v) is 42.4. The van der Waals surface area contributed by atoms with E-state index in [2.05, 4.69) is 0 Å². The third-order valence-corrected chi connectivity index (χ3v) is 0.500. The number of carbonyl (C=O) groups is 12. The van der Waals surface area contributed by atoms with Gasteiger partial charge in [-0.1, -0.05) is 0 Å². The molecule has 0 aromatic carbocycles. The predicted molar refractivity (Wildman–Crippen MR) is 206 cm³/mol. The third kappa shape index (κ3) is 85100. The molecule has 0 radical (unpaired) electrons. The van der Waals surface area contributed by atoms with Crippen molar-refractivity contribution in [2.75, 3.05) is 39.3 Å². The van der Waals surface area contributed by atoms with E-state index in [0.29, 0.717) is 39.3 Å². The summed E-state index contributed by atoms with van der Waals surface area (Å²) in [5.74, 6) is -13.0. The molecule has 0 aliphatic heterocycles. The Hall–Kier alpha value is -4.47. The minimum absolute atomic E-state index is 0. The van der Waals surface area contributed by atoms with Gasteiger partial charge >= 0.3 is 69.4 Å². The number of carboxylic acid groups (broad SMARTS) is 12. The maximum atomic E-state index is 8.89. The van der Waals surface area contributed by atoms with Crippen LogP contribution in [0.3, 0.4) is 0 Å². The molecule has 0 bridgehead atoms. The summed E-state index contributed by atoms with van der Waals surface area (Å²) in [5, 5.41) is 107. The van der Waals surface area contributed by atoms with Gasteiger partial charge in [0.1, 0.15) is 0 Å². The molecule has 30 nitrogen and oxygen atoms in total. The second kappa shape index (κ2) is 138. The summed E-state index contributed by atoms with van der Waals surface area (Å²) in [4.78, 5) is 107. The molecule has 0 unspecified atom stereocenters. The smallest absolute Gasteiger partial charge is 0.550 e. The van der Waals surface area contributed by atoms with E-state index < -0.39 is 71.6 Å². The normalized spacial score (nSPS) is 6.09. The van der Waals surface area contributed by atoms with Gasteiger partial charge in [0.15, 0.2) is 0 Å². The van der Waals surface area contributed by atoms with Gasteiger partial charge in [-0.2, -0.15) is 0 Å². The first kappa shape index (κ1) is 124. The molecule has 0 saturated carbocycles. The van der Waals surface area contributed by atoms with E-state index in [-0.39, 0.29) is 69.4 Å². The van der Waals surface area contributed by atoms with Gasteiger partial charge in [-0.3, -0.25) is 0 Å². The zero-order valence-electron chi connectivity index (χ0n) is 37.8. The molecule has 34 heteroatoms. The Bertz CT molecular complexity index is 714. The van der Waals surface area contributed by atoms with Crippen molar-refractivity contribution in [3.8, 4) is 0 Å². The molecule has 0 spiro atoms. The van der Waals surface area contributed by atoms with Gasteiger partial charge in [0, 0.05) is 111 Å². The first-order chi connectivity index (χ1) is 26.5. The molecule has 0 aromatic rings. The molecule has 0 aromatic heterocycles. The SMILES string of the molecule is CC(=O)[O-].CC(=O)[O-].CC(=O)[O-].CC(=O)[O-].CC(=O)[O-].CC(=O)[O-].CC(=O)[O-].CC(=O)[O-].CC(=O)[O-].CC(=O)[O-].CC(=O)[O-].CC(=O)[O-].NCCN.NCCN.NCCN.[Al+3].[Al+3].[Al+3].[Al+3]. The number of aliphatic carboxylic acids is 12. The van der Waals surface area contributed by atoms with Crippen LogP contribution in [0.2, 0.25) is 0 Å². The molecule has 0 heterocycles. The van der Waals surface area contributed by atoms with E-state index in [1.54, 1.807) is 0 Å². The average Bonchev–Trinajstić information content (AvgIpc) is 2.94. The van der Waals surface area contributed by atoms with Crippen LogP contribution in [0.25, 0.3) is 0 Å². The largest absolute Gasteiger partial charge is 3.00 e. The summed E-state index contributed by atoms with van der Waals surface area (Å²) in [5.41, 5.74) is 29.4. The third-order valence-electron chi connectivity index (χ3n) is 0.500. The molecular weight excluding hydrogens is 936 g/mol. The number of carboxylic acids is 12. The van der Waals surface area contributed by atoms with Crippen LogP contribution in [-0.2, 0) is 57.5 Å². The monoisotopic (exact) mass is 996 g/mol. The quantitative estimate of drug-likeness (QED) is 0.143. The maximum absolute atomic E-state index is 8.89. The number of nitrogens with two attached hydrogens (primary N) is 6. The van der Waals surface area contributed by atoms with E-state index in [4.69, 9.17) is 153 Å². The van der Waals surface area contributed by atoms with Gasteiger partial charge in [0.25, 0.3) is 0 Å². The molecule has 0 aliphatic carbocycles. The van der Waals surface area contributed by atoms with E-state index in [1.165, 1.54) is 0 Å². The van der Waals surface area contributed by atoms with Gasteiger partial charge in [-0.05, 0) is 83.1 Å². The summed E-state index contributed by atoms with van der Waals surface area (Å²) in [6.07, 6.45) is 0. The Balaban J connectivity index is -0.0000000199. The van der Waals surface area contributed by atoms with Crippen LogP contribution < -0.4 is 95.7 Å². The summed E-state index contributed by atoms with van der Waals surface area (Å²) < 4.78 is 0. The minimum atomic E-state index is -1.08. The van der Waals surface area contributed by atoms with Crippen LogP contribution in [0.4, 0.5) is 0 Å². The first-order valence-electron chi connectivity index (χ1n) is 14.8. The van der Waals surface area contributed by atoms with Gasteiger partial charge in [-0.15, -0.1) is 0 Å². The Labute approximate surface area is 414 Å². The van der Waals surface area contributed by atoms with Crippen LogP contribution in [0.1, 0.15) is 83.1 Å². The van der Waals surface area contributed by atoms with Crippen LogP contribution in [0, 0.1) is 0 Å². The van der Waals surface area contributed by atoms with Gasteiger partial charge < -0.3 is 153 Å². The zero-order chi connectivity index (χ0) is 53.2. The predicted octanol–water partition coefficient (Wildman–Crippen LogP) is -19.7. The van der Waals surface area contributed by atoms with Gasteiger partial charge in [-0.25, -0.2) is 0 Å². The first-order valence-corrected chi connectivity index (χ1v) is 14.8. The summed E-state index contributed by atoms with van der Waals surface area (Å²) >= 11 is 0. The Morgan fingerprint density at radius 3 is 0.219 bits per heavy atom. The molecule has 12 N–H and O–H groups in total. The topological polar surface area (TPSA) is 638 Å². The maximum Gasteiger partial charge on any atom is 3.00 e. The fraction of sp³-hybridized carbons (Fsp3) is 0.600. The molecule has 0 aliphatic rings. The van der Waals surface area contributed by atoms with Gasteiger partial charge in [0.2, 0.25) is 0 Å². The van der Waals surface area contributed by atoms with E-state index in [9.17, 15) is 0 Å². The van der Waals surface area contributed by atoms with Gasteiger partial charge in [0.05, 0.1) is 0 Å². The minimum Gasteiger partial charge on any atom is -0.550 e. The van der Waals surface area contributed by atoms with Crippen molar-refractivity contribution in [1.29, 1.82) is 0 Å². The van der Waals surface area contributed by atoms with Crippen LogP contribution in [0.15, 0.2) is 0 Å². The Morgan fingerprint density at radius 2 is 0.219 bits per heavy atom. The summed E-state index contributed by atoms with van der Waals surface area (Å²) in [6.45, 7) is 15.2. The summed E-state index contributed by atoms with van der Waals surface area (Å²) in [7, 11) is 0. The molecular formula is C30H60Al4N6O24. The second-order valence-electron chi connectivity index (χ2n) is 7.63. The number of rotatable bonds is 3. The van der Waals surface area contributed by atoms with Crippen LogP contribution >= 0.6 is 0 Å². The van der Waals surface area contributed by atoms with Crippen molar-refractivity contribution in [2.45, 2.75) is 83.1 Å². The van der Waals surface area contributed by atoms with Crippen LogP contribution in [0.5, 0.6) is 0 Å². The van der Waals surface area contributed by atoms with E-state index in [1.807, 2.05) is 0 Å². The van der Waals surface area contributed by atoms with Crippen molar-refractivity contribution in [3.63, 3.8) is 0 Å².